The molecule has 49 heavy (non-hydrogen) atoms. The summed E-state index contributed by atoms with van der Waals surface area (Å²) in [6.45, 7) is 48.0. The predicted molar refractivity (Wildman–Crippen MR) is 218 cm³/mol. The van der Waals surface area contributed by atoms with E-state index in [4.69, 9.17) is 0 Å². The van der Waals surface area contributed by atoms with Crippen LogP contribution in [-0.4, -0.2) is 196 Å². The normalized spacial score (nSPS) is 21.3. The standard InChI is InChI=1S/C41H90N8/c1-9-17-25-49-40-38-47(23-15-7)36-34-45(21-13-5)32-30-43(19-11-3)28-26-42(18-10-2)27-29-44(20-12-4)31-33-46(22-14-6)35-37-48(24-16-8)39-41-49/h9-41H2,1-8H3. The Labute approximate surface area is 308 Å². The fraction of sp³-hybridized carbons (Fsp3) is 1.00. The molecule has 0 aromatic heterocycles. The van der Waals surface area contributed by atoms with Gasteiger partial charge in [-0.05, 0) is 104 Å². The van der Waals surface area contributed by atoms with Gasteiger partial charge in [0.15, 0.2) is 0 Å². The number of rotatable bonds is 17. The average Bonchev–Trinajstić information content (AvgIpc) is 3.09. The molecular weight excluding hydrogens is 605 g/mol. The van der Waals surface area contributed by atoms with Crippen LogP contribution in [0.2, 0.25) is 0 Å². The lowest BCUT2D eigenvalue weighted by Gasteiger charge is -2.34. The molecule has 294 valence electrons. The third-order valence-electron chi connectivity index (χ3n) is 10.5. The summed E-state index contributed by atoms with van der Waals surface area (Å²) in [6.07, 6.45) is 11.3. The van der Waals surface area contributed by atoms with Gasteiger partial charge in [-0.2, -0.15) is 0 Å². The molecule has 0 aromatic rings. The van der Waals surface area contributed by atoms with Crippen molar-refractivity contribution in [3.63, 3.8) is 0 Å². The van der Waals surface area contributed by atoms with Gasteiger partial charge in [0.25, 0.3) is 0 Å². The Bertz CT molecular complexity index is 646. The molecular formula is C41H90N8. The van der Waals surface area contributed by atoms with Crippen LogP contribution in [0.25, 0.3) is 0 Å². The summed E-state index contributed by atoms with van der Waals surface area (Å²) >= 11 is 0. The van der Waals surface area contributed by atoms with E-state index in [0.29, 0.717) is 0 Å². The van der Waals surface area contributed by atoms with E-state index in [1.54, 1.807) is 0 Å². The van der Waals surface area contributed by atoms with Crippen LogP contribution in [0.15, 0.2) is 0 Å². The van der Waals surface area contributed by atoms with Crippen molar-refractivity contribution in [2.24, 2.45) is 0 Å². The van der Waals surface area contributed by atoms with Gasteiger partial charge in [0.1, 0.15) is 0 Å². The van der Waals surface area contributed by atoms with Crippen molar-refractivity contribution < 1.29 is 0 Å². The van der Waals surface area contributed by atoms with Gasteiger partial charge in [0.2, 0.25) is 0 Å². The molecule has 1 aliphatic rings. The lowest BCUT2D eigenvalue weighted by atomic mass is 10.2. The topological polar surface area (TPSA) is 25.9 Å². The summed E-state index contributed by atoms with van der Waals surface area (Å²) in [5.74, 6) is 0. The average molecular weight is 695 g/mol. The van der Waals surface area contributed by atoms with Crippen LogP contribution in [0, 0.1) is 0 Å². The van der Waals surface area contributed by atoms with Gasteiger partial charge in [-0.25, -0.2) is 0 Å². The van der Waals surface area contributed by atoms with Gasteiger partial charge in [0, 0.05) is 105 Å². The lowest BCUT2D eigenvalue weighted by Crippen LogP contribution is -2.46. The third kappa shape index (κ3) is 23.8. The van der Waals surface area contributed by atoms with Crippen LogP contribution >= 0.6 is 0 Å². The molecule has 0 aromatic carbocycles. The summed E-state index contributed by atoms with van der Waals surface area (Å²) in [7, 11) is 0. The van der Waals surface area contributed by atoms with E-state index in [1.165, 1.54) is 215 Å². The molecule has 1 heterocycles. The largest absolute Gasteiger partial charge is 0.301 e. The van der Waals surface area contributed by atoms with Gasteiger partial charge in [-0.3, -0.25) is 0 Å². The fourth-order valence-electron chi connectivity index (χ4n) is 7.54. The van der Waals surface area contributed by atoms with Crippen molar-refractivity contribution in [1.29, 1.82) is 0 Å². The van der Waals surface area contributed by atoms with Crippen molar-refractivity contribution in [2.45, 2.75) is 113 Å². The second kappa shape index (κ2) is 32.3. The van der Waals surface area contributed by atoms with E-state index in [1.807, 2.05) is 0 Å². The van der Waals surface area contributed by atoms with E-state index in [-0.39, 0.29) is 0 Å². The first kappa shape index (κ1) is 46.7. The maximum atomic E-state index is 2.80. The Morgan fingerprint density at radius 1 is 0.204 bits per heavy atom. The van der Waals surface area contributed by atoms with Gasteiger partial charge in [-0.1, -0.05) is 61.8 Å². The second-order valence-corrected chi connectivity index (χ2v) is 15.1. The van der Waals surface area contributed by atoms with Crippen LogP contribution in [-0.2, 0) is 0 Å². The van der Waals surface area contributed by atoms with Gasteiger partial charge >= 0.3 is 0 Å². The van der Waals surface area contributed by atoms with Gasteiger partial charge in [-0.15, -0.1) is 0 Å². The molecule has 0 aliphatic carbocycles. The fourth-order valence-corrected chi connectivity index (χ4v) is 7.54. The van der Waals surface area contributed by atoms with Crippen molar-refractivity contribution >= 4 is 0 Å². The second-order valence-electron chi connectivity index (χ2n) is 15.1. The molecule has 1 rings (SSSR count). The van der Waals surface area contributed by atoms with Gasteiger partial charge in [0.05, 0.1) is 0 Å². The zero-order valence-corrected chi connectivity index (χ0v) is 34.9. The third-order valence-corrected chi connectivity index (χ3v) is 10.5. The molecule has 0 amide bonds. The number of nitrogens with zero attached hydrogens (tertiary/aromatic N) is 8. The van der Waals surface area contributed by atoms with Crippen molar-refractivity contribution in [2.75, 3.05) is 157 Å². The van der Waals surface area contributed by atoms with E-state index in [0.717, 1.165) is 0 Å². The maximum absolute atomic E-state index is 2.80. The molecule has 1 aliphatic heterocycles. The molecule has 8 heteroatoms. The van der Waals surface area contributed by atoms with E-state index in [9.17, 15) is 0 Å². The quantitative estimate of drug-likeness (QED) is 0.181. The van der Waals surface area contributed by atoms with Crippen LogP contribution < -0.4 is 0 Å². The summed E-state index contributed by atoms with van der Waals surface area (Å²) < 4.78 is 0. The highest BCUT2D eigenvalue weighted by atomic mass is 15.3. The lowest BCUT2D eigenvalue weighted by molar-refractivity contribution is 0.132. The molecule has 0 N–H and O–H groups in total. The SMILES string of the molecule is CCCCN1CCN(CCC)CCN(CCC)CCN(CCC)CCN(CCC)CCN(CCC)CCN(CCC)CCN(CCC)CC1. The number of unbranched alkanes of at least 4 members (excludes halogenated alkanes) is 1. The van der Waals surface area contributed by atoms with Crippen molar-refractivity contribution in [3.05, 3.63) is 0 Å². The molecule has 0 atom stereocenters. The Hall–Kier alpha value is -0.320. The first-order valence-corrected chi connectivity index (χ1v) is 21.7. The van der Waals surface area contributed by atoms with Crippen LogP contribution in [0.4, 0.5) is 0 Å². The van der Waals surface area contributed by atoms with E-state index in [2.05, 4.69) is 94.6 Å². The zero-order chi connectivity index (χ0) is 36.0. The minimum Gasteiger partial charge on any atom is -0.301 e. The molecule has 8 nitrogen and oxygen atoms in total. The summed E-state index contributed by atoms with van der Waals surface area (Å²) in [5, 5.41) is 0. The minimum absolute atomic E-state index is 1.20. The summed E-state index contributed by atoms with van der Waals surface area (Å²) in [5.41, 5.74) is 0. The zero-order valence-electron chi connectivity index (χ0n) is 34.9. The highest BCUT2D eigenvalue weighted by molar-refractivity contribution is 4.73. The molecule has 0 spiro atoms. The molecule has 1 fully saturated rings. The van der Waals surface area contributed by atoms with Crippen LogP contribution in [0.1, 0.15) is 113 Å². The number of hydrogen-bond donors (Lipinski definition) is 0. The highest BCUT2D eigenvalue weighted by Gasteiger charge is 2.17. The van der Waals surface area contributed by atoms with Crippen molar-refractivity contribution in [3.8, 4) is 0 Å². The molecule has 0 radical (unpaired) electrons. The molecule has 0 bridgehead atoms. The molecule has 0 saturated carbocycles. The van der Waals surface area contributed by atoms with E-state index < -0.39 is 0 Å². The molecule has 1 saturated heterocycles. The monoisotopic (exact) mass is 695 g/mol. The highest BCUT2D eigenvalue weighted by Crippen LogP contribution is 2.06. The van der Waals surface area contributed by atoms with Crippen LogP contribution in [0.3, 0.4) is 0 Å². The summed E-state index contributed by atoms with van der Waals surface area (Å²) in [6, 6.07) is 0. The predicted octanol–water partition coefficient (Wildman–Crippen LogP) is 6.09. The van der Waals surface area contributed by atoms with E-state index >= 15 is 0 Å². The van der Waals surface area contributed by atoms with Gasteiger partial charge < -0.3 is 39.2 Å². The smallest absolute Gasteiger partial charge is 0.0110 e. The Kier molecular flexibility index (Phi) is 30.8. The minimum atomic E-state index is 1.20. The Morgan fingerprint density at radius 2 is 0.347 bits per heavy atom. The van der Waals surface area contributed by atoms with Crippen LogP contribution in [0.5, 0.6) is 0 Å². The first-order valence-electron chi connectivity index (χ1n) is 21.7. The van der Waals surface area contributed by atoms with Crippen molar-refractivity contribution in [1.82, 2.24) is 39.2 Å². The maximum Gasteiger partial charge on any atom is 0.0110 e. The first-order chi connectivity index (χ1) is 24.0. The Balaban J connectivity index is 3.19. The molecule has 0 unspecified atom stereocenters. The summed E-state index contributed by atoms with van der Waals surface area (Å²) in [4.78, 5) is 22.2. The Morgan fingerprint density at radius 3 is 0.469 bits per heavy atom. The number of hydrogen-bond acceptors (Lipinski definition) is 8.